The first-order chi connectivity index (χ1) is 16.8. The predicted octanol–water partition coefficient (Wildman–Crippen LogP) is 3.58. The van der Waals surface area contributed by atoms with E-state index in [1.54, 1.807) is 13.0 Å². The molecule has 1 aliphatic heterocycles. The van der Waals surface area contributed by atoms with Gasteiger partial charge in [-0.2, -0.15) is 9.30 Å². The number of fused-ring (bicyclic) bond motifs is 1. The van der Waals surface area contributed by atoms with Gasteiger partial charge >= 0.3 is 6.09 Å². The molecule has 9 nitrogen and oxygen atoms in total. The van der Waals surface area contributed by atoms with Crippen LogP contribution >= 0.6 is 22.9 Å². The van der Waals surface area contributed by atoms with Crippen LogP contribution in [0.5, 0.6) is 0 Å². The number of benzene rings is 2. The quantitative estimate of drug-likeness (QED) is 0.496. The molecule has 0 saturated carbocycles. The Balaban J connectivity index is 1.52. The third-order valence-corrected chi connectivity index (χ3v) is 8.93. The van der Waals surface area contributed by atoms with Crippen molar-refractivity contribution < 1.29 is 22.7 Å². The number of carbonyl (C=O) groups is 2. The molecule has 1 aromatic heterocycles. The summed E-state index contributed by atoms with van der Waals surface area (Å²) < 4.78 is 35.2. The highest BCUT2D eigenvalue weighted by molar-refractivity contribution is 7.89. The van der Waals surface area contributed by atoms with E-state index in [-0.39, 0.29) is 43.2 Å². The highest BCUT2D eigenvalue weighted by Crippen LogP contribution is 2.25. The fraction of sp³-hybridized carbons (Fsp3) is 0.348. The van der Waals surface area contributed by atoms with Gasteiger partial charge in [-0.3, -0.25) is 4.79 Å². The van der Waals surface area contributed by atoms with Gasteiger partial charge < -0.3 is 14.2 Å². The van der Waals surface area contributed by atoms with Crippen molar-refractivity contribution in [1.82, 2.24) is 13.8 Å². The van der Waals surface area contributed by atoms with Crippen LogP contribution in [0.4, 0.5) is 4.79 Å². The molecule has 186 valence electrons. The number of hydrogen-bond acceptors (Lipinski definition) is 6. The maximum Gasteiger partial charge on any atom is 0.409 e. The summed E-state index contributed by atoms with van der Waals surface area (Å²) in [6.07, 6.45) is -0.443. The van der Waals surface area contributed by atoms with Crippen molar-refractivity contribution in [2.24, 2.45) is 4.99 Å². The van der Waals surface area contributed by atoms with Crippen LogP contribution in [-0.4, -0.2) is 67.0 Å². The summed E-state index contributed by atoms with van der Waals surface area (Å²) in [5.74, 6) is -0.470. The number of para-hydroxylation sites is 1. The Morgan fingerprint density at radius 1 is 1.06 bits per heavy atom. The molecule has 3 aromatic rings. The van der Waals surface area contributed by atoms with Crippen LogP contribution in [0, 0.1) is 0 Å². The second-order valence-corrected chi connectivity index (χ2v) is 11.1. The first-order valence-electron chi connectivity index (χ1n) is 11.1. The summed E-state index contributed by atoms with van der Waals surface area (Å²) in [4.78, 5) is 31.1. The number of hydrogen-bond donors (Lipinski definition) is 0. The molecule has 0 atom stereocenters. The van der Waals surface area contributed by atoms with Crippen LogP contribution < -0.4 is 4.80 Å². The van der Waals surface area contributed by atoms with Gasteiger partial charge in [-0.05, 0) is 50.2 Å². The van der Waals surface area contributed by atoms with E-state index in [9.17, 15) is 18.0 Å². The largest absolute Gasteiger partial charge is 0.450 e. The summed E-state index contributed by atoms with van der Waals surface area (Å²) in [7, 11) is -3.76. The number of rotatable bonds is 5. The average molecular weight is 537 g/mol. The molecule has 0 N–H and O–H groups in total. The van der Waals surface area contributed by atoms with Crippen molar-refractivity contribution >= 4 is 55.2 Å². The zero-order valence-electron chi connectivity index (χ0n) is 19.3. The Bertz CT molecular complexity index is 1420. The van der Waals surface area contributed by atoms with E-state index in [2.05, 4.69) is 4.99 Å². The van der Waals surface area contributed by atoms with Crippen LogP contribution in [0.15, 0.2) is 52.4 Å². The first kappa shape index (κ1) is 25.4. The number of thiazole rings is 1. The number of amides is 2. The molecule has 0 spiro atoms. The molecule has 0 radical (unpaired) electrons. The van der Waals surface area contributed by atoms with Gasteiger partial charge in [0.05, 0.1) is 26.7 Å². The first-order valence-corrected chi connectivity index (χ1v) is 13.8. The van der Waals surface area contributed by atoms with Crippen LogP contribution in [-0.2, 0) is 21.3 Å². The third kappa shape index (κ3) is 5.13. The molecule has 0 unspecified atom stereocenters. The molecular weight excluding hydrogens is 512 g/mol. The highest BCUT2D eigenvalue weighted by Gasteiger charge is 2.30. The summed E-state index contributed by atoms with van der Waals surface area (Å²) in [5, 5.41) is 0.590. The molecule has 0 bridgehead atoms. The highest BCUT2D eigenvalue weighted by atomic mass is 35.5. The zero-order valence-corrected chi connectivity index (χ0v) is 21.7. The van der Waals surface area contributed by atoms with Gasteiger partial charge in [0.15, 0.2) is 4.80 Å². The lowest BCUT2D eigenvalue weighted by Crippen LogP contribution is -2.50. The second-order valence-electron chi connectivity index (χ2n) is 7.75. The lowest BCUT2D eigenvalue weighted by molar-refractivity contribution is 0.0933. The van der Waals surface area contributed by atoms with Gasteiger partial charge in [-0.25, -0.2) is 13.2 Å². The zero-order chi connectivity index (χ0) is 25.2. The van der Waals surface area contributed by atoms with E-state index >= 15 is 0 Å². The van der Waals surface area contributed by atoms with Gasteiger partial charge in [0.1, 0.15) is 0 Å². The van der Waals surface area contributed by atoms with E-state index in [4.69, 9.17) is 16.3 Å². The molecule has 35 heavy (non-hydrogen) atoms. The standard InChI is InChI=1S/C23H25ClN4O5S2/c1-3-28-20-18(24)6-5-7-19(20)34-22(28)25-21(29)16-8-10-17(11-9-16)35(31,32)27-14-12-26(13-15-27)23(30)33-4-2/h5-11H,3-4,12-15H2,1-2H3. The number of nitrogens with zero attached hydrogens (tertiary/aromatic N) is 4. The fourth-order valence-corrected chi connectivity index (χ4v) is 6.74. The van der Waals surface area contributed by atoms with E-state index in [1.807, 2.05) is 23.6 Å². The number of aryl methyl sites for hydroxylation is 1. The molecule has 2 amide bonds. The lowest BCUT2D eigenvalue weighted by atomic mass is 10.2. The smallest absolute Gasteiger partial charge is 0.409 e. The minimum atomic E-state index is -3.76. The summed E-state index contributed by atoms with van der Waals surface area (Å²) in [6, 6.07) is 11.3. The molecule has 2 heterocycles. The molecular formula is C23H25ClN4O5S2. The van der Waals surface area contributed by atoms with E-state index in [1.165, 1.54) is 44.8 Å². The lowest BCUT2D eigenvalue weighted by Gasteiger charge is -2.33. The van der Waals surface area contributed by atoms with Crippen molar-refractivity contribution in [3.05, 3.63) is 57.9 Å². The summed E-state index contributed by atoms with van der Waals surface area (Å²) >= 11 is 7.71. The summed E-state index contributed by atoms with van der Waals surface area (Å²) in [6.45, 7) is 5.38. The molecule has 2 aromatic carbocycles. The van der Waals surface area contributed by atoms with Crippen molar-refractivity contribution in [3.8, 4) is 0 Å². The minimum absolute atomic E-state index is 0.0795. The fourth-order valence-electron chi connectivity index (χ4n) is 3.86. The van der Waals surface area contributed by atoms with Gasteiger partial charge in [0, 0.05) is 38.3 Å². The van der Waals surface area contributed by atoms with Gasteiger partial charge in [0.25, 0.3) is 5.91 Å². The number of halogens is 1. The summed E-state index contributed by atoms with van der Waals surface area (Å²) in [5.41, 5.74) is 1.11. The number of aromatic nitrogens is 1. The van der Waals surface area contributed by atoms with Crippen molar-refractivity contribution in [3.63, 3.8) is 0 Å². The Labute approximate surface area is 212 Å². The van der Waals surface area contributed by atoms with Gasteiger partial charge in [0.2, 0.25) is 10.0 Å². The van der Waals surface area contributed by atoms with E-state index < -0.39 is 22.0 Å². The molecule has 1 aliphatic rings. The SMILES string of the molecule is CCOC(=O)N1CCN(S(=O)(=O)c2ccc(C(=O)N=c3sc4cccc(Cl)c4n3CC)cc2)CC1. The Morgan fingerprint density at radius 2 is 1.74 bits per heavy atom. The Hall–Kier alpha value is -2.73. The third-order valence-electron chi connectivity index (χ3n) is 5.67. The van der Waals surface area contributed by atoms with Crippen LogP contribution in [0.25, 0.3) is 10.2 Å². The van der Waals surface area contributed by atoms with Crippen LogP contribution in [0.1, 0.15) is 24.2 Å². The number of sulfonamides is 1. The van der Waals surface area contributed by atoms with Crippen LogP contribution in [0.2, 0.25) is 5.02 Å². The Kier molecular flexibility index (Phi) is 7.60. The number of carbonyl (C=O) groups excluding carboxylic acids is 2. The Morgan fingerprint density at radius 3 is 2.37 bits per heavy atom. The molecule has 1 fully saturated rings. The van der Waals surface area contributed by atoms with Crippen molar-refractivity contribution in [2.45, 2.75) is 25.3 Å². The second kappa shape index (κ2) is 10.5. The van der Waals surface area contributed by atoms with Crippen LogP contribution in [0.3, 0.4) is 0 Å². The monoisotopic (exact) mass is 536 g/mol. The number of piperazine rings is 1. The van der Waals surface area contributed by atoms with Crippen molar-refractivity contribution in [1.29, 1.82) is 0 Å². The average Bonchev–Trinajstić information content (AvgIpc) is 3.22. The molecule has 1 saturated heterocycles. The van der Waals surface area contributed by atoms with E-state index in [0.29, 0.717) is 16.4 Å². The van der Waals surface area contributed by atoms with E-state index in [0.717, 1.165) is 10.2 Å². The van der Waals surface area contributed by atoms with Crippen molar-refractivity contribution in [2.75, 3.05) is 32.8 Å². The van der Waals surface area contributed by atoms with Gasteiger partial charge in [-0.15, -0.1) is 0 Å². The minimum Gasteiger partial charge on any atom is -0.450 e. The molecule has 12 heteroatoms. The number of ether oxygens (including phenoxy) is 1. The predicted molar refractivity (Wildman–Crippen MR) is 134 cm³/mol. The maximum absolute atomic E-state index is 13.0. The molecule has 0 aliphatic carbocycles. The molecule has 4 rings (SSSR count). The normalized spacial score (nSPS) is 15.5. The van der Waals surface area contributed by atoms with Gasteiger partial charge in [-0.1, -0.05) is 29.0 Å². The maximum atomic E-state index is 13.0. The topological polar surface area (TPSA) is 101 Å².